The fraction of sp³-hybridized carbons (Fsp3) is 0.333. The number of sulfonamides is 1. The van der Waals surface area contributed by atoms with Crippen molar-refractivity contribution in [3.05, 3.63) is 94.5 Å². The lowest BCUT2D eigenvalue weighted by molar-refractivity contribution is -0.139. The Morgan fingerprint density at radius 1 is 0.976 bits per heavy atom. The zero-order valence-corrected chi connectivity index (χ0v) is 25.2. The molecule has 0 saturated heterocycles. The van der Waals surface area contributed by atoms with Gasteiger partial charge in [0.15, 0.2) is 0 Å². The van der Waals surface area contributed by atoms with Crippen molar-refractivity contribution in [1.29, 1.82) is 0 Å². The third kappa shape index (κ3) is 7.83. The number of halogens is 4. The maximum absolute atomic E-state index is 14.0. The summed E-state index contributed by atoms with van der Waals surface area (Å²) in [5.74, 6) is -1.23. The van der Waals surface area contributed by atoms with E-state index in [-0.39, 0.29) is 17.5 Å². The van der Waals surface area contributed by atoms with E-state index in [1.54, 1.807) is 18.2 Å². The molecule has 0 saturated carbocycles. The minimum Gasteiger partial charge on any atom is -0.352 e. The monoisotopic (exact) mass is 623 g/mol. The Labute approximate surface area is 249 Å². The first-order chi connectivity index (χ1) is 19.7. The van der Waals surface area contributed by atoms with E-state index in [1.165, 1.54) is 36.1 Å². The molecule has 0 aromatic heterocycles. The fourth-order valence-electron chi connectivity index (χ4n) is 4.15. The molecule has 3 rings (SSSR count). The van der Waals surface area contributed by atoms with Crippen molar-refractivity contribution in [2.75, 3.05) is 10.8 Å². The van der Waals surface area contributed by atoms with Gasteiger partial charge in [0.25, 0.3) is 10.0 Å². The van der Waals surface area contributed by atoms with E-state index in [1.807, 2.05) is 32.9 Å². The highest BCUT2D eigenvalue weighted by atomic mass is 35.5. The maximum Gasteiger partial charge on any atom is 0.417 e. The summed E-state index contributed by atoms with van der Waals surface area (Å²) in [6, 6.07) is 15.7. The summed E-state index contributed by atoms with van der Waals surface area (Å²) in [5.41, 5.74) is -0.0969. The van der Waals surface area contributed by atoms with Crippen molar-refractivity contribution in [2.45, 2.75) is 63.8 Å². The van der Waals surface area contributed by atoms with Crippen molar-refractivity contribution in [2.24, 2.45) is 0 Å². The Morgan fingerprint density at radius 3 is 2.19 bits per heavy atom. The second kappa shape index (κ2) is 13.6. The van der Waals surface area contributed by atoms with Gasteiger partial charge in [0.05, 0.1) is 21.2 Å². The number of nitrogens with zero attached hydrogens (tertiary/aromatic N) is 2. The topological polar surface area (TPSA) is 86.8 Å². The number of amides is 2. The van der Waals surface area contributed by atoms with E-state index in [2.05, 4.69) is 5.32 Å². The average molecular weight is 624 g/mol. The van der Waals surface area contributed by atoms with E-state index in [0.717, 1.165) is 23.3 Å². The van der Waals surface area contributed by atoms with Crippen molar-refractivity contribution in [3.8, 4) is 0 Å². The average Bonchev–Trinajstić information content (AvgIpc) is 2.95. The lowest BCUT2D eigenvalue weighted by atomic mass is 10.1. The van der Waals surface area contributed by atoms with Crippen LogP contribution in [-0.4, -0.2) is 43.8 Å². The molecular formula is C30H33ClF3N3O4S. The van der Waals surface area contributed by atoms with Crippen LogP contribution in [0.2, 0.25) is 5.02 Å². The van der Waals surface area contributed by atoms with Crippen LogP contribution in [0.15, 0.2) is 77.7 Å². The van der Waals surface area contributed by atoms with E-state index < -0.39 is 56.9 Å². The molecule has 0 aliphatic heterocycles. The van der Waals surface area contributed by atoms with Gasteiger partial charge in [-0.25, -0.2) is 8.42 Å². The van der Waals surface area contributed by atoms with E-state index >= 15 is 0 Å². The molecule has 226 valence electrons. The van der Waals surface area contributed by atoms with Gasteiger partial charge in [0.1, 0.15) is 12.6 Å². The first kappa shape index (κ1) is 32.9. The molecule has 12 heteroatoms. The first-order valence-corrected chi connectivity index (χ1v) is 15.1. The van der Waals surface area contributed by atoms with Gasteiger partial charge in [-0.2, -0.15) is 13.2 Å². The molecule has 7 nitrogen and oxygen atoms in total. The number of aryl methyl sites for hydroxylation is 1. The molecule has 3 aromatic carbocycles. The molecule has 0 spiro atoms. The number of hydrogen-bond acceptors (Lipinski definition) is 4. The lowest BCUT2D eigenvalue weighted by Gasteiger charge is -2.33. The standard InChI is InChI=1S/C30H33ClF3N3O4S/c1-5-21(3)35-29(39)22(4)36(18-23-12-10-9-11-20(23)2)28(38)19-37(42(40,41)25-13-7-6-8-14-25)24-15-16-27(31)26(17-24)30(32,33)34/h6-17,21-22H,5,18-19H2,1-4H3,(H,35,39)/t21-,22-/m0/s1. The normalized spacial score (nSPS) is 13.2. The summed E-state index contributed by atoms with van der Waals surface area (Å²) in [7, 11) is -4.53. The van der Waals surface area contributed by atoms with Crippen LogP contribution >= 0.6 is 11.6 Å². The Kier molecular flexibility index (Phi) is 10.7. The van der Waals surface area contributed by atoms with Crippen LogP contribution in [0.5, 0.6) is 0 Å². The van der Waals surface area contributed by atoms with Gasteiger partial charge in [0, 0.05) is 12.6 Å². The molecular weight excluding hydrogens is 591 g/mol. The van der Waals surface area contributed by atoms with Gasteiger partial charge in [0.2, 0.25) is 11.8 Å². The Hall–Kier alpha value is -3.57. The molecule has 2 atom stereocenters. The zero-order chi connectivity index (χ0) is 31.2. The number of carbonyl (C=O) groups excluding carboxylic acids is 2. The third-order valence-electron chi connectivity index (χ3n) is 6.92. The Bertz CT molecular complexity index is 1520. The summed E-state index contributed by atoms with van der Waals surface area (Å²) in [6.07, 6.45) is -4.23. The Balaban J connectivity index is 2.11. The van der Waals surface area contributed by atoms with Crippen molar-refractivity contribution >= 4 is 39.1 Å². The van der Waals surface area contributed by atoms with E-state index in [9.17, 15) is 31.2 Å². The quantitative estimate of drug-likeness (QED) is 0.276. The smallest absolute Gasteiger partial charge is 0.352 e. The van der Waals surface area contributed by atoms with E-state index in [4.69, 9.17) is 11.6 Å². The van der Waals surface area contributed by atoms with Gasteiger partial charge >= 0.3 is 6.18 Å². The molecule has 0 aliphatic carbocycles. The van der Waals surface area contributed by atoms with Crippen molar-refractivity contribution in [3.63, 3.8) is 0 Å². The summed E-state index contributed by atoms with van der Waals surface area (Å²) in [4.78, 5) is 28.1. The summed E-state index contributed by atoms with van der Waals surface area (Å²) in [6.45, 7) is 6.15. The molecule has 0 fully saturated rings. The third-order valence-corrected chi connectivity index (χ3v) is 9.04. The van der Waals surface area contributed by atoms with Gasteiger partial charge in [-0.15, -0.1) is 0 Å². The largest absolute Gasteiger partial charge is 0.417 e. The van der Waals surface area contributed by atoms with Gasteiger partial charge in [-0.3, -0.25) is 13.9 Å². The number of nitrogens with one attached hydrogen (secondary N) is 1. The van der Waals surface area contributed by atoms with Crippen LogP contribution in [0, 0.1) is 6.92 Å². The van der Waals surface area contributed by atoms with Crippen molar-refractivity contribution in [1.82, 2.24) is 10.2 Å². The fourth-order valence-corrected chi connectivity index (χ4v) is 5.80. The number of rotatable bonds is 11. The van der Waals surface area contributed by atoms with Gasteiger partial charge in [-0.05, 0) is 68.7 Å². The summed E-state index contributed by atoms with van der Waals surface area (Å²) >= 11 is 5.80. The lowest BCUT2D eigenvalue weighted by Crippen LogP contribution is -2.52. The SMILES string of the molecule is CC[C@H](C)NC(=O)[C@H](C)N(Cc1ccccc1C)C(=O)CN(c1ccc(Cl)c(C(F)(F)F)c1)S(=O)(=O)c1ccccc1. The van der Waals surface area contributed by atoms with Crippen LogP contribution in [-0.2, 0) is 32.3 Å². The van der Waals surface area contributed by atoms with Crippen LogP contribution in [0.25, 0.3) is 0 Å². The minimum atomic E-state index is -4.88. The summed E-state index contributed by atoms with van der Waals surface area (Å²) < 4.78 is 69.4. The van der Waals surface area contributed by atoms with Gasteiger partial charge < -0.3 is 10.2 Å². The first-order valence-electron chi connectivity index (χ1n) is 13.3. The number of carbonyl (C=O) groups is 2. The Morgan fingerprint density at radius 2 is 1.60 bits per heavy atom. The van der Waals surface area contributed by atoms with Gasteiger partial charge in [-0.1, -0.05) is 61.0 Å². The van der Waals surface area contributed by atoms with Crippen LogP contribution < -0.4 is 9.62 Å². The van der Waals surface area contributed by atoms with Crippen molar-refractivity contribution < 1.29 is 31.2 Å². The molecule has 0 unspecified atom stereocenters. The predicted molar refractivity (Wildman–Crippen MR) is 157 cm³/mol. The number of benzene rings is 3. The minimum absolute atomic E-state index is 0.0335. The molecule has 0 radical (unpaired) electrons. The molecule has 0 heterocycles. The van der Waals surface area contributed by atoms with Crippen LogP contribution in [0.4, 0.5) is 18.9 Å². The molecule has 3 aromatic rings. The number of alkyl halides is 3. The van der Waals surface area contributed by atoms with Crippen LogP contribution in [0.1, 0.15) is 43.9 Å². The molecule has 2 amide bonds. The molecule has 0 aliphatic rings. The second-order valence-corrected chi connectivity index (χ2v) is 12.2. The highest BCUT2D eigenvalue weighted by Gasteiger charge is 2.37. The molecule has 1 N–H and O–H groups in total. The zero-order valence-electron chi connectivity index (χ0n) is 23.7. The summed E-state index contributed by atoms with van der Waals surface area (Å²) in [5, 5.41) is 2.21. The highest BCUT2D eigenvalue weighted by Crippen LogP contribution is 2.38. The van der Waals surface area contributed by atoms with E-state index in [0.29, 0.717) is 16.8 Å². The highest BCUT2D eigenvalue weighted by molar-refractivity contribution is 7.92. The number of hydrogen-bond donors (Lipinski definition) is 1. The molecule has 0 bridgehead atoms. The number of anilines is 1. The predicted octanol–water partition coefficient (Wildman–Crippen LogP) is 6.19. The molecule has 42 heavy (non-hydrogen) atoms. The second-order valence-electron chi connectivity index (χ2n) is 9.93. The maximum atomic E-state index is 14.0. The van der Waals surface area contributed by atoms with Crippen LogP contribution in [0.3, 0.4) is 0 Å².